The van der Waals surface area contributed by atoms with Gasteiger partial charge in [0.15, 0.2) is 0 Å². The summed E-state index contributed by atoms with van der Waals surface area (Å²) in [6.07, 6.45) is 1.49. The van der Waals surface area contributed by atoms with E-state index >= 15 is 0 Å². The number of pyridine rings is 1. The molecule has 0 saturated carbocycles. The second kappa shape index (κ2) is 6.34. The quantitative estimate of drug-likeness (QED) is 0.818. The maximum atomic E-state index is 12.5. The maximum Gasteiger partial charge on any atom is 0.300 e. The van der Waals surface area contributed by atoms with E-state index in [2.05, 4.69) is 11.9 Å². The monoisotopic (exact) mass is 302 g/mol. The van der Waals surface area contributed by atoms with Crippen molar-refractivity contribution in [3.8, 4) is 5.75 Å². The first-order valence-electron chi connectivity index (χ1n) is 6.92. The van der Waals surface area contributed by atoms with Crippen molar-refractivity contribution in [1.82, 2.24) is 10.0 Å². The third-order valence-corrected chi connectivity index (χ3v) is 3.15. The van der Waals surface area contributed by atoms with E-state index in [1.165, 1.54) is 6.08 Å². The third kappa shape index (κ3) is 2.67. The second-order valence-electron chi connectivity index (χ2n) is 4.79. The normalized spacial score (nSPS) is 10.5. The zero-order valence-electron chi connectivity index (χ0n) is 12.5. The Morgan fingerprint density at radius 1 is 1.50 bits per heavy atom. The number of carbonyl (C=O) groups is 1. The van der Waals surface area contributed by atoms with Crippen molar-refractivity contribution in [2.24, 2.45) is 0 Å². The highest BCUT2D eigenvalue weighted by Crippen LogP contribution is 2.26. The average Bonchev–Trinajstić information content (AvgIpc) is 2.47. The van der Waals surface area contributed by atoms with E-state index in [1.807, 2.05) is 6.92 Å². The number of hydrogen-bond donors (Lipinski definition) is 2. The van der Waals surface area contributed by atoms with Crippen molar-refractivity contribution in [2.75, 3.05) is 13.2 Å². The van der Waals surface area contributed by atoms with Crippen LogP contribution in [0.2, 0.25) is 0 Å². The van der Waals surface area contributed by atoms with Gasteiger partial charge in [0.2, 0.25) is 0 Å². The first-order valence-corrected chi connectivity index (χ1v) is 6.92. The number of aromatic nitrogens is 1. The molecule has 2 rings (SSSR count). The number of rotatable bonds is 5. The molecule has 0 atom stereocenters. The van der Waals surface area contributed by atoms with E-state index in [0.29, 0.717) is 17.4 Å². The molecule has 6 nitrogen and oxygen atoms in total. The third-order valence-electron chi connectivity index (χ3n) is 3.15. The highest BCUT2D eigenvalue weighted by molar-refractivity contribution is 6.02. The summed E-state index contributed by atoms with van der Waals surface area (Å²) in [7, 11) is 0. The minimum absolute atomic E-state index is 0.0998. The van der Waals surface area contributed by atoms with Crippen molar-refractivity contribution in [3.05, 3.63) is 52.3 Å². The molecule has 1 aromatic carbocycles. The SMILES string of the molecule is C=CCOn1c(=O)c(C(=O)NCC)c(O)c2ccc(C)cc21. The number of benzene rings is 1. The molecule has 0 aliphatic rings. The van der Waals surface area contributed by atoms with Crippen LogP contribution >= 0.6 is 0 Å². The standard InChI is InChI=1S/C16H18N2O4/c1-4-8-22-18-12-9-10(3)6-7-11(12)14(19)13(16(18)21)15(20)17-5-2/h4,6-7,9,19H,1,5,8H2,2-3H3,(H,17,20). The molecule has 0 aliphatic heterocycles. The summed E-state index contributed by atoms with van der Waals surface area (Å²) in [5, 5.41) is 13.2. The topological polar surface area (TPSA) is 80.6 Å². The van der Waals surface area contributed by atoms with Gasteiger partial charge >= 0.3 is 0 Å². The highest BCUT2D eigenvalue weighted by atomic mass is 16.7. The summed E-state index contributed by atoms with van der Waals surface area (Å²) in [6.45, 7) is 7.57. The molecule has 2 N–H and O–H groups in total. The first kappa shape index (κ1) is 15.6. The van der Waals surface area contributed by atoms with Crippen molar-refractivity contribution in [3.63, 3.8) is 0 Å². The minimum Gasteiger partial charge on any atom is -0.506 e. The average molecular weight is 302 g/mol. The molecule has 1 aromatic heterocycles. The van der Waals surface area contributed by atoms with Crippen molar-refractivity contribution >= 4 is 16.8 Å². The van der Waals surface area contributed by atoms with Crippen LogP contribution in [-0.4, -0.2) is 28.9 Å². The molecule has 0 aliphatic carbocycles. The summed E-state index contributed by atoms with van der Waals surface area (Å²) in [6, 6.07) is 5.14. The predicted molar refractivity (Wildman–Crippen MR) is 84.3 cm³/mol. The van der Waals surface area contributed by atoms with Crippen LogP contribution in [0, 0.1) is 6.92 Å². The molecule has 0 saturated heterocycles. The Kier molecular flexibility index (Phi) is 4.50. The number of aryl methyl sites for hydroxylation is 1. The molecule has 1 heterocycles. The molecular weight excluding hydrogens is 284 g/mol. The Morgan fingerprint density at radius 3 is 2.86 bits per heavy atom. The van der Waals surface area contributed by atoms with Gasteiger partial charge in [-0.2, -0.15) is 0 Å². The number of aromatic hydroxyl groups is 1. The van der Waals surface area contributed by atoms with E-state index < -0.39 is 11.5 Å². The molecule has 0 fully saturated rings. The number of nitrogens with one attached hydrogen (secondary N) is 1. The van der Waals surface area contributed by atoms with Gasteiger partial charge in [-0.25, -0.2) is 0 Å². The highest BCUT2D eigenvalue weighted by Gasteiger charge is 2.22. The zero-order chi connectivity index (χ0) is 16.3. The lowest BCUT2D eigenvalue weighted by atomic mass is 10.1. The summed E-state index contributed by atoms with van der Waals surface area (Å²) in [5.74, 6) is -0.979. The van der Waals surface area contributed by atoms with Crippen LogP contribution in [-0.2, 0) is 0 Å². The first-order chi connectivity index (χ1) is 10.5. The Balaban J connectivity index is 2.82. The fourth-order valence-corrected chi connectivity index (χ4v) is 2.17. The molecule has 22 heavy (non-hydrogen) atoms. The largest absolute Gasteiger partial charge is 0.506 e. The van der Waals surface area contributed by atoms with Gasteiger partial charge < -0.3 is 15.3 Å². The Labute approximate surface area is 127 Å². The van der Waals surface area contributed by atoms with Crippen LogP contribution in [0.3, 0.4) is 0 Å². The van der Waals surface area contributed by atoms with Gasteiger partial charge in [-0.05, 0) is 31.5 Å². The molecule has 0 radical (unpaired) electrons. The van der Waals surface area contributed by atoms with Gasteiger partial charge in [0.25, 0.3) is 11.5 Å². The summed E-state index contributed by atoms with van der Waals surface area (Å²) < 4.78 is 1.02. The summed E-state index contributed by atoms with van der Waals surface area (Å²) in [4.78, 5) is 30.0. The Bertz CT molecular complexity index is 793. The number of fused-ring (bicyclic) bond motifs is 1. The Hall–Kier alpha value is -2.76. The van der Waals surface area contributed by atoms with Gasteiger partial charge in [0, 0.05) is 11.9 Å². The second-order valence-corrected chi connectivity index (χ2v) is 4.79. The van der Waals surface area contributed by atoms with E-state index in [4.69, 9.17) is 4.84 Å². The fourth-order valence-electron chi connectivity index (χ4n) is 2.17. The van der Waals surface area contributed by atoms with E-state index in [-0.39, 0.29) is 17.9 Å². The zero-order valence-corrected chi connectivity index (χ0v) is 12.5. The molecule has 6 heteroatoms. The molecule has 0 unspecified atom stereocenters. The lowest BCUT2D eigenvalue weighted by Crippen LogP contribution is -2.36. The number of hydrogen-bond acceptors (Lipinski definition) is 4. The predicted octanol–water partition coefficient (Wildman–Crippen LogP) is 1.38. The van der Waals surface area contributed by atoms with Gasteiger partial charge in [-0.15, -0.1) is 4.73 Å². The van der Waals surface area contributed by atoms with Gasteiger partial charge in [0.1, 0.15) is 17.9 Å². The summed E-state index contributed by atoms with van der Waals surface area (Å²) in [5.41, 5.74) is 0.260. The Morgan fingerprint density at radius 2 is 2.23 bits per heavy atom. The maximum absolute atomic E-state index is 12.5. The smallest absolute Gasteiger partial charge is 0.300 e. The molecular formula is C16H18N2O4. The van der Waals surface area contributed by atoms with Crippen LogP contribution < -0.4 is 15.7 Å². The van der Waals surface area contributed by atoms with Crippen LogP contribution in [0.4, 0.5) is 0 Å². The minimum atomic E-state index is -0.705. The van der Waals surface area contributed by atoms with Gasteiger partial charge in [0.05, 0.1) is 5.52 Å². The molecule has 2 aromatic rings. The fraction of sp³-hybridized carbons (Fsp3) is 0.250. The van der Waals surface area contributed by atoms with E-state index in [1.54, 1.807) is 25.1 Å². The lowest BCUT2D eigenvalue weighted by molar-refractivity contribution is 0.0940. The molecule has 1 amide bonds. The van der Waals surface area contributed by atoms with E-state index in [0.717, 1.165) is 10.3 Å². The van der Waals surface area contributed by atoms with Crippen LogP contribution in [0.1, 0.15) is 22.8 Å². The van der Waals surface area contributed by atoms with Crippen molar-refractivity contribution in [2.45, 2.75) is 13.8 Å². The van der Waals surface area contributed by atoms with Crippen molar-refractivity contribution in [1.29, 1.82) is 0 Å². The number of amides is 1. The van der Waals surface area contributed by atoms with E-state index in [9.17, 15) is 14.7 Å². The van der Waals surface area contributed by atoms with Crippen LogP contribution in [0.15, 0.2) is 35.6 Å². The van der Waals surface area contributed by atoms with Crippen molar-refractivity contribution < 1.29 is 14.7 Å². The van der Waals surface area contributed by atoms with Gasteiger partial charge in [-0.3, -0.25) is 9.59 Å². The molecule has 0 bridgehead atoms. The number of nitrogens with zero attached hydrogens (tertiary/aromatic N) is 1. The van der Waals surface area contributed by atoms with Gasteiger partial charge in [-0.1, -0.05) is 18.7 Å². The molecule has 116 valence electrons. The summed E-state index contributed by atoms with van der Waals surface area (Å²) >= 11 is 0. The molecule has 0 spiro atoms. The van der Waals surface area contributed by atoms with Crippen LogP contribution in [0.5, 0.6) is 5.75 Å². The lowest BCUT2D eigenvalue weighted by Gasteiger charge is -2.15. The number of carbonyl (C=O) groups excluding carboxylic acids is 1. The van der Waals surface area contributed by atoms with Crippen LogP contribution in [0.25, 0.3) is 10.9 Å².